The van der Waals surface area contributed by atoms with Crippen molar-refractivity contribution < 1.29 is 19.1 Å². The zero-order valence-corrected chi connectivity index (χ0v) is 15.2. The first-order chi connectivity index (χ1) is 11.7. The Kier molecular flexibility index (Phi) is 5.81. The first kappa shape index (κ1) is 19.0. The maximum Gasteiger partial charge on any atom is 0.380 e. The minimum atomic E-state index is -1.14. The lowest BCUT2D eigenvalue weighted by Crippen LogP contribution is -2.25. The largest absolute Gasteiger partial charge is 0.450 e. The molecule has 1 N–H and O–H groups in total. The van der Waals surface area contributed by atoms with Gasteiger partial charge >= 0.3 is 5.97 Å². The standard InChI is InChI=1S/C16H15Cl2N3O4/c1-8-13(9(2)21(3)20-8)15(23)16(24)25-7-12(22)19-14-10(17)5-4-6-11(14)18/h4-6H,7H2,1-3H3,(H,19,22). The van der Waals surface area contributed by atoms with Crippen molar-refractivity contribution in [2.75, 3.05) is 11.9 Å². The minimum Gasteiger partial charge on any atom is -0.450 e. The monoisotopic (exact) mass is 383 g/mol. The highest BCUT2D eigenvalue weighted by Crippen LogP contribution is 2.29. The van der Waals surface area contributed by atoms with Crippen molar-refractivity contribution in [2.45, 2.75) is 13.8 Å². The third-order valence-electron chi connectivity index (χ3n) is 3.48. The molecule has 0 fully saturated rings. The molecule has 7 nitrogen and oxygen atoms in total. The molecule has 9 heteroatoms. The fourth-order valence-corrected chi connectivity index (χ4v) is 2.69. The van der Waals surface area contributed by atoms with Crippen molar-refractivity contribution >= 4 is 46.5 Å². The normalized spacial score (nSPS) is 10.4. The summed E-state index contributed by atoms with van der Waals surface area (Å²) in [5.41, 5.74) is 1.32. The van der Waals surface area contributed by atoms with E-state index < -0.39 is 24.3 Å². The summed E-state index contributed by atoms with van der Waals surface area (Å²) in [5, 5.41) is 6.98. The first-order valence-corrected chi connectivity index (χ1v) is 7.93. The quantitative estimate of drug-likeness (QED) is 0.486. The van der Waals surface area contributed by atoms with Gasteiger partial charge < -0.3 is 10.1 Å². The highest BCUT2D eigenvalue weighted by atomic mass is 35.5. The van der Waals surface area contributed by atoms with Crippen LogP contribution in [0.3, 0.4) is 0 Å². The summed E-state index contributed by atoms with van der Waals surface area (Å²) in [7, 11) is 1.66. The van der Waals surface area contributed by atoms with E-state index in [4.69, 9.17) is 27.9 Å². The second kappa shape index (κ2) is 7.67. The van der Waals surface area contributed by atoms with Crippen LogP contribution in [0, 0.1) is 13.8 Å². The average molecular weight is 384 g/mol. The first-order valence-electron chi connectivity index (χ1n) is 7.18. The summed E-state index contributed by atoms with van der Waals surface area (Å²) >= 11 is 11.9. The van der Waals surface area contributed by atoms with E-state index in [1.165, 1.54) is 4.68 Å². The van der Waals surface area contributed by atoms with E-state index in [1.54, 1.807) is 39.1 Å². The van der Waals surface area contributed by atoms with Gasteiger partial charge in [0.15, 0.2) is 6.61 Å². The lowest BCUT2D eigenvalue weighted by Gasteiger charge is -2.09. The summed E-state index contributed by atoms with van der Waals surface area (Å²) in [4.78, 5) is 36.0. The number of nitrogens with zero attached hydrogens (tertiary/aromatic N) is 2. The molecule has 2 aromatic rings. The number of aromatic nitrogens is 2. The molecule has 25 heavy (non-hydrogen) atoms. The predicted molar refractivity (Wildman–Crippen MR) is 93.1 cm³/mol. The number of esters is 1. The molecule has 0 aliphatic rings. The van der Waals surface area contributed by atoms with Gasteiger partial charge in [-0.15, -0.1) is 0 Å². The van der Waals surface area contributed by atoms with E-state index in [9.17, 15) is 14.4 Å². The van der Waals surface area contributed by atoms with Crippen molar-refractivity contribution in [3.8, 4) is 0 Å². The molecule has 2 rings (SSSR count). The number of carbonyl (C=O) groups excluding carboxylic acids is 3. The second-order valence-corrected chi connectivity index (χ2v) is 6.03. The summed E-state index contributed by atoms with van der Waals surface area (Å²) in [5.74, 6) is -2.66. The number of carbonyl (C=O) groups is 3. The number of ether oxygens (including phenoxy) is 1. The molecular formula is C16H15Cl2N3O4. The van der Waals surface area contributed by atoms with Crippen LogP contribution in [0.4, 0.5) is 5.69 Å². The molecule has 1 heterocycles. The molecule has 132 valence electrons. The molecule has 1 aromatic heterocycles. The predicted octanol–water partition coefficient (Wildman–Crippen LogP) is 2.71. The number of hydrogen-bond acceptors (Lipinski definition) is 5. The highest BCUT2D eigenvalue weighted by Gasteiger charge is 2.26. The zero-order valence-electron chi connectivity index (χ0n) is 13.7. The van der Waals surface area contributed by atoms with Gasteiger partial charge in [0.25, 0.3) is 11.7 Å². The summed E-state index contributed by atoms with van der Waals surface area (Å²) < 4.78 is 6.26. The molecule has 0 saturated carbocycles. The topological polar surface area (TPSA) is 90.3 Å². The van der Waals surface area contributed by atoms with E-state index in [1.807, 2.05) is 0 Å². The fraction of sp³-hybridized carbons (Fsp3) is 0.250. The van der Waals surface area contributed by atoms with Crippen molar-refractivity contribution in [3.05, 3.63) is 45.2 Å². The van der Waals surface area contributed by atoms with Gasteiger partial charge in [0.05, 0.1) is 27.0 Å². The number of hydrogen-bond donors (Lipinski definition) is 1. The van der Waals surface area contributed by atoms with Crippen LogP contribution in [0.15, 0.2) is 18.2 Å². The summed E-state index contributed by atoms with van der Waals surface area (Å²) in [6.07, 6.45) is 0. The molecule has 0 aliphatic heterocycles. The molecule has 0 unspecified atom stereocenters. The van der Waals surface area contributed by atoms with Gasteiger partial charge in [0, 0.05) is 12.7 Å². The SMILES string of the molecule is Cc1nn(C)c(C)c1C(=O)C(=O)OCC(=O)Nc1c(Cl)cccc1Cl. The average Bonchev–Trinajstić information content (AvgIpc) is 2.80. The van der Waals surface area contributed by atoms with Crippen LogP contribution in [-0.2, 0) is 21.4 Å². The van der Waals surface area contributed by atoms with E-state index >= 15 is 0 Å². The third-order valence-corrected chi connectivity index (χ3v) is 4.11. The number of aryl methyl sites for hydroxylation is 2. The highest BCUT2D eigenvalue weighted by molar-refractivity contribution is 6.41. The van der Waals surface area contributed by atoms with Crippen LogP contribution < -0.4 is 5.32 Å². The number of ketones is 1. The smallest absolute Gasteiger partial charge is 0.380 e. The Balaban J connectivity index is 2.00. The third kappa shape index (κ3) is 4.18. The molecule has 0 bridgehead atoms. The van der Waals surface area contributed by atoms with Gasteiger partial charge in [0.1, 0.15) is 0 Å². The van der Waals surface area contributed by atoms with E-state index in [2.05, 4.69) is 10.4 Å². The lowest BCUT2D eigenvalue weighted by molar-refractivity contribution is -0.142. The van der Waals surface area contributed by atoms with Gasteiger partial charge in [-0.3, -0.25) is 14.3 Å². The number of rotatable bonds is 5. The second-order valence-electron chi connectivity index (χ2n) is 5.22. The molecule has 0 atom stereocenters. The number of benzene rings is 1. The molecular weight excluding hydrogens is 369 g/mol. The number of Topliss-reactive ketones (excluding diaryl/α,β-unsaturated/α-hetero) is 1. The molecule has 0 aliphatic carbocycles. The minimum absolute atomic E-state index is 0.169. The fourth-order valence-electron chi connectivity index (χ4n) is 2.19. The van der Waals surface area contributed by atoms with Crippen LogP contribution in [0.2, 0.25) is 10.0 Å². The molecule has 0 radical (unpaired) electrons. The maximum atomic E-state index is 12.2. The van der Waals surface area contributed by atoms with Gasteiger partial charge in [0.2, 0.25) is 0 Å². The van der Waals surface area contributed by atoms with Crippen LogP contribution in [0.1, 0.15) is 21.7 Å². The van der Waals surface area contributed by atoms with Crippen molar-refractivity contribution in [2.24, 2.45) is 7.05 Å². The van der Waals surface area contributed by atoms with Crippen LogP contribution in [0.5, 0.6) is 0 Å². The van der Waals surface area contributed by atoms with Crippen molar-refractivity contribution in [3.63, 3.8) is 0 Å². The lowest BCUT2D eigenvalue weighted by atomic mass is 10.1. The summed E-state index contributed by atoms with van der Waals surface area (Å²) in [6.45, 7) is 2.62. The molecule has 1 aromatic carbocycles. The Morgan fingerprint density at radius 3 is 2.32 bits per heavy atom. The molecule has 0 spiro atoms. The Labute approximate surface area is 153 Å². The summed E-state index contributed by atoms with van der Waals surface area (Å²) in [6, 6.07) is 4.72. The van der Waals surface area contributed by atoms with Gasteiger partial charge in [-0.1, -0.05) is 29.3 Å². The van der Waals surface area contributed by atoms with Crippen LogP contribution >= 0.6 is 23.2 Å². The number of anilines is 1. The van der Waals surface area contributed by atoms with Gasteiger partial charge in [-0.2, -0.15) is 5.10 Å². The Hall–Kier alpha value is -2.38. The number of amides is 1. The van der Waals surface area contributed by atoms with Gasteiger partial charge in [-0.05, 0) is 26.0 Å². The van der Waals surface area contributed by atoms with E-state index in [-0.39, 0.29) is 21.3 Å². The Morgan fingerprint density at radius 2 is 1.80 bits per heavy atom. The van der Waals surface area contributed by atoms with Crippen molar-refractivity contribution in [1.29, 1.82) is 0 Å². The number of nitrogens with one attached hydrogen (secondary N) is 1. The van der Waals surface area contributed by atoms with Crippen LogP contribution in [-0.4, -0.2) is 34.0 Å². The zero-order chi connectivity index (χ0) is 18.7. The van der Waals surface area contributed by atoms with E-state index in [0.29, 0.717) is 11.4 Å². The maximum absolute atomic E-state index is 12.2. The molecule has 0 saturated heterocycles. The van der Waals surface area contributed by atoms with Gasteiger partial charge in [-0.25, -0.2) is 4.79 Å². The van der Waals surface area contributed by atoms with Crippen molar-refractivity contribution in [1.82, 2.24) is 9.78 Å². The number of para-hydroxylation sites is 1. The Bertz CT molecular complexity index is 841. The number of halogens is 2. The van der Waals surface area contributed by atoms with Crippen LogP contribution in [0.25, 0.3) is 0 Å². The molecule has 1 amide bonds. The Morgan fingerprint density at radius 1 is 1.20 bits per heavy atom. The van der Waals surface area contributed by atoms with E-state index in [0.717, 1.165) is 0 Å².